The van der Waals surface area contributed by atoms with E-state index in [1.54, 1.807) is 0 Å². The second-order valence-corrected chi connectivity index (χ2v) is 8.91. The third kappa shape index (κ3) is 4.28. The quantitative estimate of drug-likeness (QED) is 0.334. The first-order chi connectivity index (χ1) is 16.8. The Bertz CT molecular complexity index is 1230. The molecule has 1 aromatic heterocycles. The Kier molecular flexibility index (Phi) is 6.57. The normalized spacial score (nSPS) is 16.3. The fourth-order valence-corrected chi connectivity index (χ4v) is 5.10. The average molecular weight is 450 g/mol. The molecule has 0 radical (unpaired) electrons. The SMILES string of the molecule is CCc1c(C(=O)N2CCCCCC2c2ccccc2)c(-c2ccccc2)nn1-c1ccccc1. The van der Waals surface area contributed by atoms with Crippen molar-refractivity contribution in [2.75, 3.05) is 6.54 Å². The van der Waals surface area contributed by atoms with Gasteiger partial charge in [0.2, 0.25) is 0 Å². The number of benzene rings is 3. The van der Waals surface area contributed by atoms with Gasteiger partial charge in [0, 0.05) is 12.1 Å². The number of nitrogens with zero attached hydrogens (tertiary/aromatic N) is 3. The van der Waals surface area contributed by atoms with Crippen LogP contribution in [0.5, 0.6) is 0 Å². The first kappa shape index (κ1) is 22.1. The summed E-state index contributed by atoms with van der Waals surface area (Å²) in [5.41, 5.74) is 5.63. The second-order valence-electron chi connectivity index (χ2n) is 8.91. The van der Waals surface area contributed by atoms with Crippen molar-refractivity contribution in [3.8, 4) is 16.9 Å². The van der Waals surface area contributed by atoms with Gasteiger partial charge in [-0.05, 0) is 37.0 Å². The number of rotatable bonds is 5. The highest BCUT2D eigenvalue weighted by atomic mass is 16.2. The molecule has 1 saturated heterocycles. The molecular weight excluding hydrogens is 418 g/mol. The van der Waals surface area contributed by atoms with Gasteiger partial charge in [0.05, 0.1) is 23.0 Å². The number of aromatic nitrogens is 2. The molecule has 1 unspecified atom stereocenters. The highest BCUT2D eigenvalue weighted by Gasteiger charge is 2.33. The zero-order chi connectivity index (χ0) is 23.3. The smallest absolute Gasteiger partial charge is 0.258 e. The lowest BCUT2D eigenvalue weighted by Crippen LogP contribution is -2.35. The van der Waals surface area contributed by atoms with Crippen LogP contribution in [0.2, 0.25) is 0 Å². The van der Waals surface area contributed by atoms with E-state index in [0.717, 1.165) is 66.9 Å². The maximum Gasteiger partial charge on any atom is 0.258 e. The summed E-state index contributed by atoms with van der Waals surface area (Å²) in [6.45, 7) is 2.88. The van der Waals surface area contributed by atoms with Gasteiger partial charge in [-0.1, -0.05) is 98.6 Å². The van der Waals surface area contributed by atoms with E-state index in [4.69, 9.17) is 5.10 Å². The predicted molar refractivity (Wildman–Crippen MR) is 137 cm³/mol. The Labute approximate surface area is 201 Å². The Morgan fingerprint density at radius 3 is 2.18 bits per heavy atom. The van der Waals surface area contributed by atoms with Crippen LogP contribution in [0.4, 0.5) is 0 Å². The highest BCUT2D eigenvalue weighted by Crippen LogP contribution is 2.35. The van der Waals surface area contributed by atoms with Crippen LogP contribution in [0.3, 0.4) is 0 Å². The lowest BCUT2D eigenvalue weighted by molar-refractivity contribution is 0.0680. The number of hydrogen-bond donors (Lipinski definition) is 0. The first-order valence-electron chi connectivity index (χ1n) is 12.4. The molecule has 34 heavy (non-hydrogen) atoms. The molecule has 4 heteroatoms. The fourth-order valence-electron chi connectivity index (χ4n) is 5.10. The largest absolute Gasteiger partial charge is 0.331 e. The van der Waals surface area contributed by atoms with Gasteiger partial charge in [0.15, 0.2) is 0 Å². The van der Waals surface area contributed by atoms with E-state index in [0.29, 0.717) is 0 Å². The Morgan fingerprint density at radius 2 is 1.50 bits per heavy atom. The van der Waals surface area contributed by atoms with Gasteiger partial charge in [-0.2, -0.15) is 5.10 Å². The number of hydrogen-bond acceptors (Lipinski definition) is 2. The fraction of sp³-hybridized carbons (Fsp3) is 0.267. The molecule has 0 spiro atoms. The standard InChI is InChI=1S/C30H31N3O/c1-2-26-28(30(34)32-22-14-6-13-21-27(32)23-15-7-3-8-16-23)29(24-17-9-4-10-18-24)31-33(26)25-19-11-5-12-20-25/h3-5,7-12,15-20,27H,2,6,13-14,21-22H2,1H3. The third-order valence-corrected chi connectivity index (χ3v) is 6.78. The minimum absolute atomic E-state index is 0.0876. The van der Waals surface area contributed by atoms with Crippen LogP contribution in [0.15, 0.2) is 91.0 Å². The topological polar surface area (TPSA) is 38.1 Å². The average Bonchev–Trinajstić information content (AvgIpc) is 3.12. The lowest BCUT2D eigenvalue weighted by atomic mass is 9.98. The molecule has 1 fully saturated rings. The molecule has 0 N–H and O–H groups in total. The third-order valence-electron chi connectivity index (χ3n) is 6.78. The molecule has 4 nitrogen and oxygen atoms in total. The molecule has 3 aromatic carbocycles. The van der Waals surface area contributed by atoms with Crippen LogP contribution < -0.4 is 0 Å². The van der Waals surface area contributed by atoms with Crippen molar-refractivity contribution in [3.05, 3.63) is 108 Å². The number of carbonyl (C=O) groups is 1. The molecule has 172 valence electrons. The summed E-state index contributed by atoms with van der Waals surface area (Å²) in [5, 5.41) is 5.03. The Balaban J connectivity index is 1.67. The van der Waals surface area contributed by atoms with Crippen molar-refractivity contribution in [1.82, 2.24) is 14.7 Å². The summed E-state index contributed by atoms with van der Waals surface area (Å²) in [6, 6.07) is 30.8. The summed E-state index contributed by atoms with van der Waals surface area (Å²) >= 11 is 0. The van der Waals surface area contributed by atoms with Crippen molar-refractivity contribution < 1.29 is 4.79 Å². The van der Waals surface area contributed by atoms with Crippen LogP contribution in [0.25, 0.3) is 16.9 Å². The maximum absolute atomic E-state index is 14.4. The monoisotopic (exact) mass is 449 g/mol. The summed E-state index contributed by atoms with van der Waals surface area (Å²) in [5.74, 6) is 0.0913. The van der Waals surface area contributed by atoms with E-state index < -0.39 is 0 Å². The number of likely N-dealkylation sites (tertiary alicyclic amines) is 1. The van der Waals surface area contributed by atoms with Crippen molar-refractivity contribution in [1.29, 1.82) is 0 Å². The van der Waals surface area contributed by atoms with E-state index in [2.05, 4.69) is 36.1 Å². The minimum Gasteiger partial charge on any atom is -0.331 e. The van der Waals surface area contributed by atoms with Crippen LogP contribution in [0.1, 0.15) is 60.3 Å². The lowest BCUT2D eigenvalue weighted by Gasteiger charge is -2.31. The summed E-state index contributed by atoms with van der Waals surface area (Å²) in [6.07, 6.45) is 5.04. The number of amides is 1. The molecule has 4 aromatic rings. The zero-order valence-corrected chi connectivity index (χ0v) is 19.7. The molecule has 0 aliphatic carbocycles. The minimum atomic E-state index is 0.0876. The van der Waals surface area contributed by atoms with E-state index in [1.807, 2.05) is 71.4 Å². The van der Waals surface area contributed by atoms with Crippen LogP contribution in [-0.4, -0.2) is 27.1 Å². The zero-order valence-electron chi connectivity index (χ0n) is 19.7. The van der Waals surface area contributed by atoms with E-state index >= 15 is 0 Å². The molecule has 1 aliphatic rings. The molecule has 2 heterocycles. The van der Waals surface area contributed by atoms with Gasteiger partial charge in [-0.3, -0.25) is 4.79 Å². The number of para-hydroxylation sites is 1. The van der Waals surface area contributed by atoms with Gasteiger partial charge < -0.3 is 4.90 Å². The summed E-state index contributed by atoms with van der Waals surface area (Å²) < 4.78 is 1.96. The summed E-state index contributed by atoms with van der Waals surface area (Å²) in [7, 11) is 0. The van der Waals surface area contributed by atoms with Crippen LogP contribution >= 0.6 is 0 Å². The van der Waals surface area contributed by atoms with Gasteiger partial charge >= 0.3 is 0 Å². The second kappa shape index (κ2) is 10.1. The van der Waals surface area contributed by atoms with Crippen LogP contribution in [0, 0.1) is 0 Å². The molecule has 0 saturated carbocycles. The molecule has 1 aliphatic heterocycles. The van der Waals surface area contributed by atoms with E-state index in [-0.39, 0.29) is 11.9 Å². The van der Waals surface area contributed by atoms with E-state index in [1.165, 1.54) is 5.56 Å². The van der Waals surface area contributed by atoms with Gasteiger partial charge in [0.1, 0.15) is 5.69 Å². The predicted octanol–water partition coefficient (Wildman–Crippen LogP) is 6.86. The van der Waals surface area contributed by atoms with Gasteiger partial charge in [-0.15, -0.1) is 0 Å². The molecule has 1 amide bonds. The van der Waals surface area contributed by atoms with Gasteiger partial charge in [-0.25, -0.2) is 4.68 Å². The molecule has 0 bridgehead atoms. The van der Waals surface area contributed by atoms with Crippen molar-refractivity contribution in [2.45, 2.75) is 45.1 Å². The van der Waals surface area contributed by atoms with Crippen LogP contribution in [-0.2, 0) is 6.42 Å². The molecule has 1 atom stereocenters. The highest BCUT2D eigenvalue weighted by molar-refractivity contribution is 6.01. The Hall–Kier alpha value is -3.66. The molecule has 5 rings (SSSR count). The van der Waals surface area contributed by atoms with Gasteiger partial charge in [0.25, 0.3) is 5.91 Å². The first-order valence-corrected chi connectivity index (χ1v) is 12.4. The summed E-state index contributed by atoms with van der Waals surface area (Å²) in [4.78, 5) is 16.5. The molecular formula is C30H31N3O. The van der Waals surface area contributed by atoms with Crippen molar-refractivity contribution in [2.24, 2.45) is 0 Å². The van der Waals surface area contributed by atoms with Crippen molar-refractivity contribution in [3.63, 3.8) is 0 Å². The Morgan fingerprint density at radius 1 is 0.853 bits per heavy atom. The van der Waals surface area contributed by atoms with E-state index in [9.17, 15) is 4.79 Å². The maximum atomic E-state index is 14.4. The number of carbonyl (C=O) groups excluding carboxylic acids is 1. The van der Waals surface area contributed by atoms with Crippen molar-refractivity contribution >= 4 is 5.91 Å².